The SMILES string of the molecule is COc1ccc(NC(=O)c2cccc(Cl)c2)cc1NC(=O)c1ccccc1. The zero-order valence-electron chi connectivity index (χ0n) is 14.5. The van der Waals surface area contributed by atoms with E-state index in [0.29, 0.717) is 33.3 Å². The first-order valence-electron chi connectivity index (χ1n) is 8.18. The van der Waals surface area contributed by atoms with Gasteiger partial charge in [0.15, 0.2) is 0 Å². The van der Waals surface area contributed by atoms with Crippen LogP contribution in [0.25, 0.3) is 0 Å². The van der Waals surface area contributed by atoms with Crippen LogP contribution < -0.4 is 15.4 Å². The molecule has 2 N–H and O–H groups in total. The predicted molar refractivity (Wildman–Crippen MR) is 107 cm³/mol. The van der Waals surface area contributed by atoms with Gasteiger partial charge in [0.25, 0.3) is 11.8 Å². The molecule has 0 aromatic heterocycles. The van der Waals surface area contributed by atoms with Crippen molar-refractivity contribution in [2.24, 2.45) is 0 Å². The molecule has 0 radical (unpaired) electrons. The molecule has 136 valence electrons. The van der Waals surface area contributed by atoms with Gasteiger partial charge in [0.05, 0.1) is 12.8 Å². The number of hydrogen-bond donors (Lipinski definition) is 2. The lowest BCUT2D eigenvalue weighted by Crippen LogP contribution is -2.14. The Morgan fingerprint density at radius 1 is 0.815 bits per heavy atom. The Balaban J connectivity index is 1.81. The quantitative estimate of drug-likeness (QED) is 0.664. The van der Waals surface area contributed by atoms with Gasteiger partial charge in [0, 0.05) is 21.8 Å². The van der Waals surface area contributed by atoms with Crippen molar-refractivity contribution in [1.29, 1.82) is 0 Å². The van der Waals surface area contributed by atoms with Gasteiger partial charge in [-0.1, -0.05) is 35.9 Å². The van der Waals surface area contributed by atoms with Crippen molar-refractivity contribution in [2.75, 3.05) is 17.7 Å². The highest BCUT2D eigenvalue weighted by atomic mass is 35.5. The van der Waals surface area contributed by atoms with E-state index in [1.54, 1.807) is 66.7 Å². The van der Waals surface area contributed by atoms with Crippen LogP contribution in [0, 0.1) is 0 Å². The molecule has 0 bridgehead atoms. The van der Waals surface area contributed by atoms with Gasteiger partial charge in [-0.15, -0.1) is 0 Å². The lowest BCUT2D eigenvalue weighted by atomic mass is 10.2. The van der Waals surface area contributed by atoms with Gasteiger partial charge in [-0.25, -0.2) is 0 Å². The second-order valence-corrected chi connectivity index (χ2v) is 6.14. The van der Waals surface area contributed by atoms with Crippen LogP contribution in [-0.4, -0.2) is 18.9 Å². The summed E-state index contributed by atoms with van der Waals surface area (Å²) in [6, 6.07) is 20.5. The van der Waals surface area contributed by atoms with E-state index in [2.05, 4.69) is 10.6 Å². The van der Waals surface area contributed by atoms with Crippen molar-refractivity contribution in [3.8, 4) is 5.75 Å². The summed E-state index contributed by atoms with van der Waals surface area (Å²) in [4.78, 5) is 24.8. The summed E-state index contributed by atoms with van der Waals surface area (Å²) in [6.45, 7) is 0. The van der Waals surface area contributed by atoms with E-state index in [-0.39, 0.29) is 11.8 Å². The summed E-state index contributed by atoms with van der Waals surface area (Å²) in [5.41, 5.74) is 1.93. The molecule has 5 nitrogen and oxygen atoms in total. The van der Waals surface area contributed by atoms with E-state index in [9.17, 15) is 9.59 Å². The normalized spacial score (nSPS) is 10.1. The number of hydrogen-bond acceptors (Lipinski definition) is 3. The summed E-state index contributed by atoms with van der Waals surface area (Å²) >= 11 is 5.93. The molecule has 6 heteroatoms. The number of benzene rings is 3. The average molecular weight is 381 g/mol. The van der Waals surface area contributed by atoms with Gasteiger partial charge in [-0.05, 0) is 48.5 Å². The predicted octanol–water partition coefficient (Wildman–Crippen LogP) is 4.85. The van der Waals surface area contributed by atoms with Crippen molar-refractivity contribution >= 4 is 34.8 Å². The topological polar surface area (TPSA) is 67.4 Å². The first-order chi connectivity index (χ1) is 13.1. The smallest absolute Gasteiger partial charge is 0.255 e. The van der Waals surface area contributed by atoms with E-state index in [1.807, 2.05) is 6.07 Å². The maximum atomic E-state index is 12.4. The van der Waals surface area contributed by atoms with Gasteiger partial charge < -0.3 is 15.4 Å². The molecule has 0 heterocycles. The van der Waals surface area contributed by atoms with Crippen LogP contribution in [0.3, 0.4) is 0 Å². The minimum atomic E-state index is -0.303. The molecule has 2 amide bonds. The molecule has 0 atom stereocenters. The Bertz CT molecular complexity index is 974. The average Bonchev–Trinajstić information content (AvgIpc) is 2.69. The highest BCUT2D eigenvalue weighted by molar-refractivity contribution is 6.31. The number of methoxy groups -OCH3 is 1. The third-order valence-electron chi connectivity index (χ3n) is 3.83. The van der Waals surface area contributed by atoms with Gasteiger partial charge in [-0.2, -0.15) is 0 Å². The van der Waals surface area contributed by atoms with Crippen LogP contribution >= 0.6 is 11.6 Å². The molecule has 0 saturated heterocycles. The monoisotopic (exact) mass is 380 g/mol. The van der Waals surface area contributed by atoms with E-state index >= 15 is 0 Å². The second kappa shape index (κ2) is 8.38. The summed E-state index contributed by atoms with van der Waals surface area (Å²) in [5.74, 6) is -0.0877. The molecular formula is C21H17ClN2O3. The second-order valence-electron chi connectivity index (χ2n) is 5.70. The lowest BCUT2D eigenvalue weighted by molar-refractivity contribution is 0.101. The standard InChI is InChI=1S/C21H17ClN2O3/c1-27-19-11-10-17(23-21(26)15-8-5-9-16(22)12-15)13-18(19)24-20(25)14-6-3-2-4-7-14/h2-13H,1H3,(H,23,26)(H,24,25). The maximum Gasteiger partial charge on any atom is 0.255 e. The molecule has 3 rings (SSSR count). The molecule has 0 aliphatic carbocycles. The molecule has 0 unspecified atom stereocenters. The number of ether oxygens (including phenoxy) is 1. The van der Waals surface area contributed by atoms with E-state index in [0.717, 1.165) is 0 Å². The third-order valence-corrected chi connectivity index (χ3v) is 4.06. The van der Waals surface area contributed by atoms with Crippen LogP contribution in [0.5, 0.6) is 5.75 Å². The zero-order chi connectivity index (χ0) is 19.2. The number of amides is 2. The molecule has 0 aliphatic heterocycles. The van der Waals surface area contributed by atoms with Crippen LogP contribution in [-0.2, 0) is 0 Å². The summed E-state index contributed by atoms with van der Waals surface area (Å²) in [7, 11) is 1.51. The highest BCUT2D eigenvalue weighted by Crippen LogP contribution is 2.28. The summed E-state index contributed by atoms with van der Waals surface area (Å²) in [5, 5.41) is 6.07. The zero-order valence-corrected chi connectivity index (χ0v) is 15.3. The van der Waals surface area contributed by atoms with Crippen LogP contribution in [0.1, 0.15) is 20.7 Å². The minimum Gasteiger partial charge on any atom is -0.495 e. The maximum absolute atomic E-state index is 12.4. The molecule has 0 saturated carbocycles. The molecule has 0 spiro atoms. The Hall–Kier alpha value is -3.31. The summed E-state index contributed by atoms with van der Waals surface area (Å²) < 4.78 is 5.30. The van der Waals surface area contributed by atoms with Gasteiger partial charge in [-0.3, -0.25) is 9.59 Å². The highest BCUT2D eigenvalue weighted by Gasteiger charge is 2.12. The fraction of sp³-hybridized carbons (Fsp3) is 0.0476. The minimum absolute atomic E-state index is 0.271. The van der Waals surface area contributed by atoms with Crippen molar-refractivity contribution in [1.82, 2.24) is 0 Å². The fourth-order valence-electron chi connectivity index (χ4n) is 2.50. The number of carbonyl (C=O) groups excluding carboxylic acids is 2. The van der Waals surface area contributed by atoms with Crippen molar-refractivity contribution in [2.45, 2.75) is 0 Å². The molecule has 27 heavy (non-hydrogen) atoms. The van der Waals surface area contributed by atoms with E-state index < -0.39 is 0 Å². The Labute approximate surface area is 161 Å². The first-order valence-corrected chi connectivity index (χ1v) is 8.56. The Morgan fingerprint density at radius 2 is 1.52 bits per heavy atom. The van der Waals surface area contributed by atoms with Crippen molar-refractivity contribution in [3.05, 3.63) is 88.9 Å². The van der Waals surface area contributed by atoms with E-state index in [4.69, 9.17) is 16.3 Å². The van der Waals surface area contributed by atoms with Gasteiger partial charge >= 0.3 is 0 Å². The van der Waals surface area contributed by atoms with Crippen molar-refractivity contribution < 1.29 is 14.3 Å². The Kier molecular flexibility index (Phi) is 5.74. The van der Waals surface area contributed by atoms with E-state index in [1.165, 1.54) is 7.11 Å². The van der Waals surface area contributed by atoms with Gasteiger partial charge in [0.1, 0.15) is 5.75 Å². The van der Waals surface area contributed by atoms with Crippen LogP contribution in [0.15, 0.2) is 72.8 Å². The van der Waals surface area contributed by atoms with Crippen LogP contribution in [0.2, 0.25) is 5.02 Å². The number of nitrogens with one attached hydrogen (secondary N) is 2. The first kappa shape index (κ1) is 18.5. The number of halogens is 1. The third kappa shape index (κ3) is 4.65. The fourth-order valence-corrected chi connectivity index (χ4v) is 2.69. The molecule has 3 aromatic carbocycles. The summed E-state index contributed by atoms with van der Waals surface area (Å²) in [6.07, 6.45) is 0. The van der Waals surface area contributed by atoms with Crippen molar-refractivity contribution in [3.63, 3.8) is 0 Å². The number of anilines is 2. The largest absolute Gasteiger partial charge is 0.495 e. The molecular weight excluding hydrogens is 364 g/mol. The number of rotatable bonds is 5. The molecule has 3 aromatic rings. The molecule has 0 fully saturated rings. The molecule has 0 aliphatic rings. The van der Waals surface area contributed by atoms with Crippen LogP contribution in [0.4, 0.5) is 11.4 Å². The lowest BCUT2D eigenvalue weighted by Gasteiger charge is -2.13. The Morgan fingerprint density at radius 3 is 2.22 bits per heavy atom. The van der Waals surface area contributed by atoms with Gasteiger partial charge in [0.2, 0.25) is 0 Å². The number of carbonyl (C=O) groups is 2.